The Kier molecular flexibility index (Phi) is 4.72. The van der Waals surface area contributed by atoms with Gasteiger partial charge in [-0.2, -0.15) is 5.26 Å². The predicted molar refractivity (Wildman–Crippen MR) is 101 cm³/mol. The first-order valence-electron chi connectivity index (χ1n) is 8.15. The van der Waals surface area contributed by atoms with Gasteiger partial charge in [-0.1, -0.05) is 12.1 Å². The highest BCUT2D eigenvalue weighted by Crippen LogP contribution is 2.34. The number of nitrogen functional groups attached to an aromatic ring is 1. The fourth-order valence-electron chi connectivity index (χ4n) is 2.66. The van der Waals surface area contributed by atoms with Crippen LogP contribution < -0.4 is 16.0 Å². The van der Waals surface area contributed by atoms with Crippen molar-refractivity contribution in [1.82, 2.24) is 9.97 Å². The Hall–Kier alpha value is -3.59. The fraction of sp³-hybridized carbons (Fsp3) is 0.150. The number of rotatable bonds is 4. The Morgan fingerprint density at radius 3 is 2.62 bits per heavy atom. The summed E-state index contributed by atoms with van der Waals surface area (Å²) in [6.45, 7) is 3.90. The fourth-order valence-corrected chi connectivity index (χ4v) is 2.66. The molecule has 3 rings (SSSR count). The molecule has 0 fully saturated rings. The van der Waals surface area contributed by atoms with E-state index in [9.17, 15) is 10.1 Å². The van der Waals surface area contributed by atoms with Gasteiger partial charge in [-0.3, -0.25) is 4.79 Å². The van der Waals surface area contributed by atoms with E-state index in [0.717, 1.165) is 5.56 Å². The number of aromatic amines is 1. The lowest BCUT2D eigenvalue weighted by Gasteiger charge is -2.15. The molecular formula is C20H18N4O2. The first kappa shape index (κ1) is 17.2. The molecule has 0 aliphatic rings. The molecule has 26 heavy (non-hydrogen) atoms. The Bertz CT molecular complexity index is 1030. The van der Waals surface area contributed by atoms with Gasteiger partial charge in [0.05, 0.1) is 11.8 Å². The molecular weight excluding hydrogens is 328 g/mol. The number of nitrogens with one attached hydrogen (secondary N) is 1. The molecule has 2 aromatic heterocycles. The van der Waals surface area contributed by atoms with Gasteiger partial charge in [-0.25, -0.2) is 4.98 Å². The van der Waals surface area contributed by atoms with Gasteiger partial charge >= 0.3 is 0 Å². The molecule has 130 valence electrons. The van der Waals surface area contributed by atoms with Crippen LogP contribution in [0.5, 0.6) is 5.75 Å². The van der Waals surface area contributed by atoms with Gasteiger partial charge in [0.2, 0.25) is 5.56 Å². The van der Waals surface area contributed by atoms with E-state index in [2.05, 4.69) is 16.0 Å². The van der Waals surface area contributed by atoms with Crippen LogP contribution in [0.25, 0.3) is 22.4 Å². The zero-order chi connectivity index (χ0) is 18.7. The first-order chi connectivity index (χ1) is 12.5. The standard InChI is InChI=1S/C20H18N4O2/c1-12(2)26-18-6-4-3-5-14(18)17-9-15(16(10-21)20(22)24-17)13-7-8-19(25)23-11-13/h3-9,11-12H,1-2H3,(H2,22,24)(H,23,25). The van der Waals surface area contributed by atoms with E-state index in [1.807, 2.05) is 38.1 Å². The Balaban J connectivity index is 2.21. The first-order valence-corrected chi connectivity index (χ1v) is 8.15. The molecule has 0 radical (unpaired) electrons. The largest absolute Gasteiger partial charge is 0.490 e. The van der Waals surface area contributed by atoms with Crippen molar-refractivity contribution in [3.63, 3.8) is 0 Å². The number of nitrogens with two attached hydrogens (primary N) is 1. The maximum absolute atomic E-state index is 11.3. The molecule has 3 N–H and O–H groups in total. The number of nitrogens with zero attached hydrogens (tertiary/aromatic N) is 2. The van der Waals surface area contributed by atoms with Crippen molar-refractivity contribution in [2.75, 3.05) is 5.73 Å². The van der Waals surface area contributed by atoms with Crippen molar-refractivity contribution in [3.8, 4) is 34.2 Å². The quantitative estimate of drug-likeness (QED) is 0.754. The van der Waals surface area contributed by atoms with Crippen LogP contribution in [-0.2, 0) is 0 Å². The molecule has 0 aliphatic carbocycles. The van der Waals surface area contributed by atoms with Crippen LogP contribution in [0.3, 0.4) is 0 Å². The van der Waals surface area contributed by atoms with E-state index in [-0.39, 0.29) is 23.0 Å². The summed E-state index contributed by atoms with van der Waals surface area (Å²) in [5, 5.41) is 9.48. The monoisotopic (exact) mass is 346 g/mol. The maximum atomic E-state index is 11.3. The zero-order valence-electron chi connectivity index (χ0n) is 14.5. The summed E-state index contributed by atoms with van der Waals surface area (Å²) in [6.07, 6.45) is 1.56. The number of hydrogen-bond donors (Lipinski definition) is 2. The van der Waals surface area contributed by atoms with Gasteiger partial charge in [0.1, 0.15) is 23.2 Å². The highest BCUT2D eigenvalue weighted by atomic mass is 16.5. The average Bonchev–Trinajstić information content (AvgIpc) is 2.61. The third-order valence-electron chi connectivity index (χ3n) is 3.78. The van der Waals surface area contributed by atoms with Crippen molar-refractivity contribution in [2.24, 2.45) is 0 Å². The summed E-state index contributed by atoms with van der Waals surface area (Å²) in [5.41, 5.74) is 8.75. The topological polar surface area (TPSA) is 105 Å². The molecule has 0 saturated carbocycles. The minimum Gasteiger partial charge on any atom is -0.490 e. The summed E-state index contributed by atoms with van der Waals surface area (Å²) in [7, 11) is 0. The highest BCUT2D eigenvalue weighted by molar-refractivity contribution is 5.81. The lowest BCUT2D eigenvalue weighted by atomic mass is 9.99. The molecule has 0 atom stereocenters. The summed E-state index contributed by atoms with van der Waals surface area (Å²) >= 11 is 0. The van der Waals surface area contributed by atoms with E-state index >= 15 is 0 Å². The smallest absolute Gasteiger partial charge is 0.247 e. The minimum atomic E-state index is -0.217. The van der Waals surface area contributed by atoms with Gasteiger partial charge in [0.25, 0.3) is 0 Å². The van der Waals surface area contributed by atoms with Gasteiger partial charge in [0, 0.05) is 23.4 Å². The van der Waals surface area contributed by atoms with Gasteiger partial charge < -0.3 is 15.5 Å². The molecule has 0 amide bonds. The molecule has 0 aliphatic heterocycles. The molecule has 3 aromatic rings. The minimum absolute atomic E-state index is 0.00514. The molecule has 6 nitrogen and oxygen atoms in total. The van der Waals surface area contributed by atoms with Crippen LogP contribution in [0, 0.1) is 11.3 Å². The molecule has 6 heteroatoms. The van der Waals surface area contributed by atoms with Crippen molar-refractivity contribution >= 4 is 5.82 Å². The lowest BCUT2D eigenvalue weighted by molar-refractivity contribution is 0.243. The van der Waals surface area contributed by atoms with E-state index < -0.39 is 0 Å². The van der Waals surface area contributed by atoms with Crippen molar-refractivity contribution in [3.05, 3.63) is 64.6 Å². The number of H-pyrrole nitrogens is 1. The average molecular weight is 346 g/mol. The van der Waals surface area contributed by atoms with Gasteiger partial charge in [-0.05, 0) is 43.7 Å². The Morgan fingerprint density at radius 1 is 1.19 bits per heavy atom. The number of hydrogen-bond acceptors (Lipinski definition) is 5. The third-order valence-corrected chi connectivity index (χ3v) is 3.78. The van der Waals surface area contributed by atoms with E-state index in [0.29, 0.717) is 22.6 Å². The molecule has 0 spiro atoms. The number of pyridine rings is 2. The van der Waals surface area contributed by atoms with E-state index in [4.69, 9.17) is 10.5 Å². The van der Waals surface area contributed by atoms with Crippen molar-refractivity contribution in [2.45, 2.75) is 20.0 Å². The van der Waals surface area contributed by atoms with E-state index in [1.165, 1.54) is 6.07 Å². The van der Waals surface area contributed by atoms with Gasteiger partial charge in [0.15, 0.2) is 0 Å². The number of aromatic nitrogens is 2. The SMILES string of the molecule is CC(C)Oc1ccccc1-c1cc(-c2ccc(=O)[nH]c2)c(C#N)c(N)n1. The molecule has 2 heterocycles. The van der Waals surface area contributed by atoms with Crippen molar-refractivity contribution < 1.29 is 4.74 Å². The number of benzene rings is 1. The van der Waals surface area contributed by atoms with Crippen LogP contribution in [0.1, 0.15) is 19.4 Å². The zero-order valence-corrected chi connectivity index (χ0v) is 14.5. The molecule has 0 unspecified atom stereocenters. The number of anilines is 1. The Morgan fingerprint density at radius 2 is 1.96 bits per heavy atom. The normalized spacial score (nSPS) is 10.5. The van der Waals surface area contributed by atoms with Gasteiger partial charge in [-0.15, -0.1) is 0 Å². The summed E-state index contributed by atoms with van der Waals surface area (Å²) in [6, 6.07) is 14.5. The van der Waals surface area contributed by atoms with Crippen LogP contribution in [-0.4, -0.2) is 16.1 Å². The lowest BCUT2D eigenvalue weighted by Crippen LogP contribution is -2.07. The van der Waals surface area contributed by atoms with Crippen LogP contribution in [0.4, 0.5) is 5.82 Å². The summed E-state index contributed by atoms with van der Waals surface area (Å²) in [5.74, 6) is 0.817. The van der Waals surface area contributed by atoms with Crippen molar-refractivity contribution in [1.29, 1.82) is 5.26 Å². The predicted octanol–water partition coefficient (Wildman–Crippen LogP) is 3.34. The molecule has 0 saturated heterocycles. The molecule has 0 bridgehead atoms. The molecule has 1 aromatic carbocycles. The van der Waals surface area contributed by atoms with Crippen LogP contribution >= 0.6 is 0 Å². The number of ether oxygens (including phenoxy) is 1. The summed E-state index contributed by atoms with van der Waals surface area (Å²) in [4.78, 5) is 18.3. The second kappa shape index (κ2) is 7.11. The number of para-hydroxylation sites is 1. The number of nitriles is 1. The maximum Gasteiger partial charge on any atom is 0.247 e. The van der Waals surface area contributed by atoms with Crippen LogP contribution in [0.2, 0.25) is 0 Å². The van der Waals surface area contributed by atoms with E-state index in [1.54, 1.807) is 18.3 Å². The second-order valence-corrected chi connectivity index (χ2v) is 6.03. The Labute approximate surface area is 150 Å². The highest BCUT2D eigenvalue weighted by Gasteiger charge is 2.16. The van der Waals surface area contributed by atoms with Crippen LogP contribution in [0.15, 0.2) is 53.5 Å². The third kappa shape index (κ3) is 3.42. The summed E-state index contributed by atoms with van der Waals surface area (Å²) < 4.78 is 5.86. The second-order valence-electron chi connectivity index (χ2n) is 6.03.